The maximum Gasteiger partial charge on any atom is 0.259 e. The number of hydrogen-bond acceptors (Lipinski definition) is 5. The normalized spacial score (nSPS) is 14.3. The maximum atomic E-state index is 13.8. The fourth-order valence-corrected chi connectivity index (χ4v) is 4.74. The predicted molar refractivity (Wildman–Crippen MR) is 124 cm³/mol. The number of hydrogen-bond donors (Lipinski definition) is 0. The van der Waals surface area contributed by atoms with E-state index < -0.39 is 0 Å². The van der Waals surface area contributed by atoms with Gasteiger partial charge in [-0.05, 0) is 36.5 Å². The van der Waals surface area contributed by atoms with Crippen molar-refractivity contribution in [3.8, 4) is 5.75 Å². The van der Waals surface area contributed by atoms with Gasteiger partial charge in [0.1, 0.15) is 12.4 Å². The van der Waals surface area contributed by atoms with E-state index in [-0.39, 0.29) is 11.3 Å². The van der Waals surface area contributed by atoms with Crippen molar-refractivity contribution >= 4 is 44.5 Å². The van der Waals surface area contributed by atoms with E-state index in [4.69, 9.17) is 20.9 Å². The molecule has 31 heavy (non-hydrogen) atoms. The van der Waals surface area contributed by atoms with Gasteiger partial charge in [-0.25, -0.2) is 4.98 Å². The van der Waals surface area contributed by atoms with Gasteiger partial charge in [-0.2, -0.15) is 0 Å². The molecule has 0 unspecified atom stereocenters. The quantitative estimate of drug-likeness (QED) is 0.447. The standard InChI is InChI=1S/C23H25BrClN3O3/c1-5-15-10-16(19-18(11-23(2,3)4)27-31-21(19)26-15)22(29)28-6-7-30-20-13(12-28)8-14(24)9-17(20)25/h8-10H,5-7,11-12H2,1-4H3. The minimum atomic E-state index is -0.0898. The van der Waals surface area contributed by atoms with Crippen molar-refractivity contribution < 1.29 is 14.1 Å². The van der Waals surface area contributed by atoms with Crippen LogP contribution >= 0.6 is 27.5 Å². The first kappa shape index (κ1) is 22.1. The van der Waals surface area contributed by atoms with Crippen molar-refractivity contribution in [1.82, 2.24) is 15.0 Å². The van der Waals surface area contributed by atoms with Gasteiger partial charge in [0.15, 0.2) is 0 Å². The SMILES string of the molecule is CCc1cc(C(=O)N2CCOc3c(Cl)cc(Br)cc3C2)c2c(CC(C)(C)C)noc2n1. The van der Waals surface area contributed by atoms with Gasteiger partial charge >= 0.3 is 0 Å². The molecule has 164 valence electrons. The third-order valence-corrected chi connectivity index (χ3v) is 5.94. The van der Waals surface area contributed by atoms with Crippen LogP contribution in [0.4, 0.5) is 0 Å². The number of amides is 1. The molecule has 3 heterocycles. The molecule has 3 aromatic rings. The molecule has 2 aromatic heterocycles. The van der Waals surface area contributed by atoms with Crippen LogP contribution in [0.1, 0.15) is 55.0 Å². The summed E-state index contributed by atoms with van der Waals surface area (Å²) in [7, 11) is 0. The van der Waals surface area contributed by atoms with E-state index in [1.165, 1.54) is 0 Å². The first-order valence-corrected chi connectivity index (χ1v) is 11.5. The summed E-state index contributed by atoms with van der Waals surface area (Å²) in [6.07, 6.45) is 1.38. The number of carbonyl (C=O) groups is 1. The number of rotatable bonds is 3. The Bertz CT molecular complexity index is 1150. The molecule has 0 bridgehead atoms. The van der Waals surface area contributed by atoms with Crippen LogP contribution in [0.3, 0.4) is 0 Å². The Morgan fingerprint density at radius 2 is 2.06 bits per heavy atom. The van der Waals surface area contributed by atoms with E-state index in [2.05, 4.69) is 46.8 Å². The highest BCUT2D eigenvalue weighted by Gasteiger charge is 2.28. The highest BCUT2D eigenvalue weighted by Crippen LogP contribution is 2.36. The lowest BCUT2D eigenvalue weighted by Gasteiger charge is -2.21. The second-order valence-corrected chi connectivity index (χ2v) is 10.3. The molecule has 0 radical (unpaired) electrons. The van der Waals surface area contributed by atoms with Crippen LogP contribution in [0.5, 0.6) is 5.75 Å². The van der Waals surface area contributed by atoms with Gasteiger partial charge in [0, 0.05) is 22.3 Å². The second kappa shape index (κ2) is 8.43. The summed E-state index contributed by atoms with van der Waals surface area (Å²) < 4.78 is 12.3. The van der Waals surface area contributed by atoms with Crippen LogP contribution in [-0.4, -0.2) is 34.1 Å². The van der Waals surface area contributed by atoms with E-state index >= 15 is 0 Å². The van der Waals surface area contributed by atoms with Crippen LogP contribution in [0.25, 0.3) is 11.1 Å². The fraction of sp³-hybridized carbons (Fsp3) is 0.435. The first-order valence-electron chi connectivity index (χ1n) is 10.3. The average molecular weight is 507 g/mol. The summed E-state index contributed by atoms with van der Waals surface area (Å²) in [5.74, 6) is 0.542. The van der Waals surface area contributed by atoms with Gasteiger partial charge in [-0.15, -0.1) is 0 Å². The summed E-state index contributed by atoms with van der Waals surface area (Å²) in [4.78, 5) is 20.1. The number of halogens is 2. The fourth-order valence-electron chi connectivity index (χ4n) is 3.81. The summed E-state index contributed by atoms with van der Waals surface area (Å²) >= 11 is 9.84. The zero-order chi connectivity index (χ0) is 22.3. The van der Waals surface area contributed by atoms with E-state index in [9.17, 15) is 4.79 Å². The monoisotopic (exact) mass is 505 g/mol. The molecule has 0 N–H and O–H groups in total. The molecule has 8 heteroatoms. The molecular formula is C23H25BrClN3O3. The number of carbonyl (C=O) groups excluding carboxylic acids is 1. The van der Waals surface area contributed by atoms with Crippen molar-refractivity contribution in [2.75, 3.05) is 13.2 Å². The molecule has 4 rings (SSSR count). The van der Waals surface area contributed by atoms with Crippen molar-refractivity contribution in [3.05, 3.63) is 50.2 Å². The number of aryl methyl sites for hydroxylation is 1. The lowest BCUT2D eigenvalue weighted by atomic mass is 9.89. The lowest BCUT2D eigenvalue weighted by molar-refractivity contribution is 0.0735. The Balaban J connectivity index is 1.78. The minimum absolute atomic E-state index is 0.00798. The number of pyridine rings is 1. The Kier molecular flexibility index (Phi) is 6.01. The smallest absolute Gasteiger partial charge is 0.259 e. The highest BCUT2D eigenvalue weighted by molar-refractivity contribution is 9.10. The number of benzene rings is 1. The Morgan fingerprint density at radius 3 is 2.77 bits per heavy atom. The number of nitrogens with zero attached hydrogens (tertiary/aromatic N) is 3. The third kappa shape index (κ3) is 4.58. The molecule has 0 atom stereocenters. The van der Waals surface area contributed by atoms with Crippen LogP contribution in [-0.2, 0) is 19.4 Å². The lowest BCUT2D eigenvalue weighted by Crippen LogP contribution is -2.32. The third-order valence-electron chi connectivity index (χ3n) is 5.20. The van der Waals surface area contributed by atoms with E-state index in [0.717, 1.165) is 21.4 Å². The zero-order valence-corrected chi connectivity index (χ0v) is 20.4. The van der Waals surface area contributed by atoms with Gasteiger partial charge in [0.25, 0.3) is 11.6 Å². The van der Waals surface area contributed by atoms with Gasteiger partial charge in [0.05, 0.1) is 28.2 Å². The Morgan fingerprint density at radius 1 is 1.29 bits per heavy atom. The predicted octanol–water partition coefficient (Wildman–Crippen LogP) is 5.82. The molecular weight excluding hydrogens is 482 g/mol. The summed E-state index contributed by atoms with van der Waals surface area (Å²) in [5.41, 5.74) is 3.41. The zero-order valence-electron chi connectivity index (χ0n) is 18.1. The molecule has 0 aliphatic carbocycles. The summed E-state index contributed by atoms with van der Waals surface area (Å²) in [6, 6.07) is 5.61. The van der Waals surface area contributed by atoms with Crippen LogP contribution in [0.15, 0.2) is 27.2 Å². The second-order valence-electron chi connectivity index (χ2n) is 9.01. The van der Waals surface area contributed by atoms with E-state index in [0.29, 0.717) is 60.0 Å². The van der Waals surface area contributed by atoms with Crippen molar-refractivity contribution in [2.24, 2.45) is 5.41 Å². The van der Waals surface area contributed by atoms with Gasteiger partial charge < -0.3 is 14.2 Å². The molecule has 1 aromatic carbocycles. The largest absolute Gasteiger partial charge is 0.490 e. The number of aromatic nitrogens is 2. The Labute approximate surface area is 195 Å². The van der Waals surface area contributed by atoms with Gasteiger partial charge in [-0.3, -0.25) is 4.79 Å². The topological polar surface area (TPSA) is 68.5 Å². The number of fused-ring (bicyclic) bond motifs is 2. The van der Waals surface area contributed by atoms with Crippen LogP contribution < -0.4 is 4.74 Å². The van der Waals surface area contributed by atoms with Gasteiger partial charge in [0.2, 0.25) is 0 Å². The molecule has 1 aliphatic heterocycles. The highest BCUT2D eigenvalue weighted by atomic mass is 79.9. The Hall–Kier alpha value is -2.12. The summed E-state index contributed by atoms with van der Waals surface area (Å²) in [6.45, 7) is 9.62. The molecule has 1 amide bonds. The molecule has 1 aliphatic rings. The average Bonchev–Trinajstić information content (AvgIpc) is 2.95. The molecule has 6 nitrogen and oxygen atoms in total. The first-order chi connectivity index (χ1) is 14.7. The van der Waals surface area contributed by atoms with Crippen molar-refractivity contribution in [1.29, 1.82) is 0 Å². The molecule has 0 fully saturated rings. The number of ether oxygens (including phenoxy) is 1. The molecule has 0 saturated carbocycles. The maximum absolute atomic E-state index is 13.8. The van der Waals surface area contributed by atoms with Crippen molar-refractivity contribution in [2.45, 2.75) is 47.1 Å². The van der Waals surface area contributed by atoms with E-state index in [1.807, 2.05) is 19.1 Å². The van der Waals surface area contributed by atoms with Crippen LogP contribution in [0, 0.1) is 5.41 Å². The molecule has 0 saturated heterocycles. The van der Waals surface area contributed by atoms with Crippen molar-refractivity contribution in [3.63, 3.8) is 0 Å². The van der Waals surface area contributed by atoms with Crippen LogP contribution in [0.2, 0.25) is 5.02 Å². The van der Waals surface area contributed by atoms with Gasteiger partial charge in [-0.1, -0.05) is 60.4 Å². The van der Waals surface area contributed by atoms with E-state index in [1.54, 1.807) is 11.0 Å². The minimum Gasteiger partial charge on any atom is -0.490 e. The molecule has 0 spiro atoms. The summed E-state index contributed by atoms with van der Waals surface area (Å²) in [5, 5.41) is 5.50.